The van der Waals surface area contributed by atoms with E-state index in [0.29, 0.717) is 22.8 Å². The van der Waals surface area contributed by atoms with Crippen molar-refractivity contribution in [1.82, 2.24) is 10.9 Å². The van der Waals surface area contributed by atoms with E-state index < -0.39 is 5.91 Å². The summed E-state index contributed by atoms with van der Waals surface area (Å²) < 4.78 is 15.7. The predicted octanol–water partition coefficient (Wildman–Crippen LogP) is 2.34. The number of anilines is 1. The number of rotatable bonds is 5. The summed E-state index contributed by atoms with van der Waals surface area (Å²) >= 11 is 5.13. The fourth-order valence-corrected chi connectivity index (χ4v) is 2.25. The number of carbonyl (C=O) groups is 1. The van der Waals surface area contributed by atoms with E-state index in [9.17, 15) is 4.79 Å². The van der Waals surface area contributed by atoms with Crippen LogP contribution >= 0.6 is 12.2 Å². The number of para-hydroxylation sites is 1. The van der Waals surface area contributed by atoms with Crippen LogP contribution in [0, 0.1) is 0 Å². The fourth-order valence-electron chi connectivity index (χ4n) is 2.08. The van der Waals surface area contributed by atoms with Crippen LogP contribution in [0.1, 0.15) is 10.4 Å². The first-order valence-corrected chi connectivity index (χ1v) is 7.72. The molecule has 0 saturated heterocycles. The van der Waals surface area contributed by atoms with E-state index >= 15 is 0 Å². The van der Waals surface area contributed by atoms with Gasteiger partial charge in [-0.15, -0.1) is 0 Å². The molecule has 2 aromatic rings. The summed E-state index contributed by atoms with van der Waals surface area (Å²) in [6.07, 6.45) is 0. The quantitative estimate of drug-likeness (QED) is 0.557. The molecule has 0 heterocycles. The third kappa shape index (κ3) is 4.74. The van der Waals surface area contributed by atoms with Gasteiger partial charge >= 0.3 is 0 Å². The standard InChI is InChI=1S/C17H19N3O4S/c1-22-13-9-11(10-14(23-2)15(13)24-3)16(21)19-20-17(25)18-12-7-5-4-6-8-12/h4-10H,1-3H3,(H,19,21)(H2,18,20,25). The highest BCUT2D eigenvalue weighted by molar-refractivity contribution is 7.80. The average molecular weight is 361 g/mol. The molecule has 0 radical (unpaired) electrons. The van der Waals surface area contributed by atoms with Crippen molar-refractivity contribution in [2.45, 2.75) is 0 Å². The molecule has 8 heteroatoms. The zero-order chi connectivity index (χ0) is 18.2. The maximum atomic E-state index is 12.3. The van der Waals surface area contributed by atoms with Crippen molar-refractivity contribution in [3.05, 3.63) is 48.0 Å². The number of nitrogens with one attached hydrogen (secondary N) is 3. The Hall–Kier alpha value is -3.00. The van der Waals surface area contributed by atoms with Crippen LogP contribution in [0.3, 0.4) is 0 Å². The Morgan fingerprint density at radius 3 is 2.04 bits per heavy atom. The van der Waals surface area contributed by atoms with Gasteiger partial charge < -0.3 is 19.5 Å². The van der Waals surface area contributed by atoms with Crippen molar-refractivity contribution in [2.24, 2.45) is 0 Å². The minimum Gasteiger partial charge on any atom is -0.493 e. The van der Waals surface area contributed by atoms with Crippen molar-refractivity contribution in [1.29, 1.82) is 0 Å². The summed E-state index contributed by atoms with van der Waals surface area (Å²) in [6, 6.07) is 12.5. The fraction of sp³-hybridized carbons (Fsp3) is 0.176. The predicted molar refractivity (Wildman–Crippen MR) is 99.4 cm³/mol. The molecule has 0 atom stereocenters. The molecule has 0 aliphatic carbocycles. The molecular formula is C17H19N3O4S. The van der Waals surface area contributed by atoms with Crippen LogP contribution in [-0.2, 0) is 0 Å². The summed E-state index contributed by atoms with van der Waals surface area (Å²) in [5, 5.41) is 3.20. The molecule has 0 saturated carbocycles. The topological polar surface area (TPSA) is 80.9 Å². The van der Waals surface area contributed by atoms with Crippen molar-refractivity contribution < 1.29 is 19.0 Å². The van der Waals surface area contributed by atoms with E-state index in [4.69, 9.17) is 26.4 Å². The molecule has 25 heavy (non-hydrogen) atoms. The third-order valence-electron chi connectivity index (χ3n) is 3.25. The van der Waals surface area contributed by atoms with E-state index in [-0.39, 0.29) is 5.11 Å². The molecule has 132 valence electrons. The number of hydrogen-bond donors (Lipinski definition) is 3. The molecule has 2 aromatic carbocycles. The molecule has 0 aliphatic heterocycles. The van der Waals surface area contributed by atoms with E-state index in [1.807, 2.05) is 30.3 Å². The zero-order valence-electron chi connectivity index (χ0n) is 14.1. The van der Waals surface area contributed by atoms with Gasteiger partial charge in [0.15, 0.2) is 16.6 Å². The van der Waals surface area contributed by atoms with Crippen molar-refractivity contribution >= 4 is 28.9 Å². The van der Waals surface area contributed by atoms with Gasteiger partial charge in [-0.2, -0.15) is 0 Å². The van der Waals surface area contributed by atoms with Gasteiger partial charge in [0.05, 0.1) is 21.3 Å². The van der Waals surface area contributed by atoms with Gasteiger partial charge in [0.25, 0.3) is 5.91 Å². The normalized spacial score (nSPS) is 9.72. The van der Waals surface area contributed by atoms with Gasteiger partial charge in [-0.1, -0.05) is 18.2 Å². The molecule has 0 unspecified atom stereocenters. The SMILES string of the molecule is COc1cc(C(=O)NNC(=S)Nc2ccccc2)cc(OC)c1OC. The van der Waals surface area contributed by atoms with Crippen molar-refractivity contribution in [3.63, 3.8) is 0 Å². The maximum Gasteiger partial charge on any atom is 0.269 e. The number of hydrogen-bond acceptors (Lipinski definition) is 5. The lowest BCUT2D eigenvalue weighted by Gasteiger charge is -2.15. The summed E-state index contributed by atoms with van der Waals surface area (Å²) in [7, 11) is 4.46. The third-order valence-corrected chi connectivity index (χ3v) is 3.45. The smallest absolute Gasteiger partial charge is 0.269 e. The lowest BCUT2D eigenvalue weighted by Crippen LogP contribution is -2.43. The summed E-state index contributed by atoms with van der Waals surface area (Å²) in [6.45, 7) is 0. The lowest BCUT2D eigenvalue weighted by molar-refractivity contribution is 0.0943. The van der Waals surface area contributed by atoms with Gasteiger partial charge in [-0.25, -0.2) is 0 Å². The number of ether oxygens (including phenoxy) is 3. The Morgan fingerprint density at radius 1 is 0.920 bits per heavy atom. The largest absolute Gasteiger partial charge is 0.493 e. The molecule has 0 bridgehead atoms. The van der Waals surface area contributed by atoms with Crippen LogP contribution in [0.2, 0.25) is 0 Å². The van der Waals surface area contributed by atoms with Crippen LogP contribution in [0.25, 0.3) is 0 Å². The first-order chi connectivity index (χ1) is 12.1. The van der Waals surface area contributed by atoms with Gasteiger partial charge in [-0.05, 0) is 36.5 Å². The first kappa shape index (κ1) is 18.3. The summed E-state index contributed by atoms with van der Waals surface area (Å²) in [4.78, 5) is 12.3. The number of benzene rings is 2. The highest BCUT2D eigenvalue weighted by Gasteiger charge is 2.17. The van der Waals surface area contributed by atoms with Crippen LogP contribution in [0.5, 0.6) is 17.2 Å². The Morgan fingerprint density at radius 2 is 1.52 bits per heavy atom. The second-order valence-electron chi connectivity index (χ2n) is 4.81. The van der Waals surface area contributed by atoms with E-state index in [1.165, 1.54) is 21.3 Å². The minimum atomic E-state index is -0.406. The number of hydrazine groups is 1. The second-order valence-corrected chi connectivity index (χ2v) is 5.22. The maximum absolute atomic E-state index is 12.3. The Labute approximate surface area is 151 Å². The Balaban J connectivity index is 2.04. The van der Waals surface area contributed by atoms with Gasteiger partial charge in [0.1, 0.15) is 0 Å². The number of amides is 1. The summed E-state index contributed by atoms with van der Waals surface area (Å²) in [5.74, 6) is 0.779. The molecule has 0 spiro atoms. The van der Waals surface area contributed by atoms with Gasteiger partial charge in [0, 0.05) is 11.3 Å². The van der Waals surface area contributed by atoms with E-state index in [0.717, 1.165) is 5.69 Å². The van der Waals surface area contributed by atoms with Crippen molar-refractivity contribution in [2.75, 3.05) is 26.6 Å². The van der Waals surface area contributed by atoms with E-state index in [2.05, 4.69) is 16.2 Å². The molecule has 0 fully saturated rings. The van der Waals surface area contributed by atoms with Crippen molar-refractivity contribution in [3.8, 4) is 17.2 Å². The number of methoxy groups -OCH3 is 3. The molecule has 1 amide bonds. The highest BCUT2D eigenvalue weighted by Crippen LogP contribution is 2.38. The van der Waals surface area contributed by atoms with E-state index in [1.54, 1.807) is 12.1 Å². The molecule has 0 aromatic heterocycles. The molecule has 3 N–H and O–H groups in total. The van der Waals surface area contributed by atoms with Crippen LogP contribution in [0.15, 0.2) is 42.5 Å². The molecule has 7 nitrogen and oxygen atoms in total. The monoisotopic (exact) mass is 361 g/mol. The van der Waals surface area contributed by atoms with Gasteiger partial charge in [-0.3, -0.25) is 15.6 Å². The zero-order valence-corrected chi connectivity index (χ0v) is 14.9. The number of thiocarbonyl (C=S) groups is 1. The Bertz CT molecular complexity index is 728. The van der Waals surface area contributed by atoms with Crippen LogP contribution in [0.4, 0.5) is 5.69 Å². The molecular weight excluding hydrogens is 342 g/mol. The minimum absolute atomic E-state index is 0.256. The molecule has 2 rings (SSSR count). The Kier molecular flexibility index (Phi) is 6.41. The average Bonchev–Trinajstić information content (AvgIpc) is 2.65. The molecule has 0 aliphatic rings. The van der Waals surface area contributed by atoms with Gasteiger partial charge in [0.2, 0.25) is 5.75 Å². The highest BCUT2D eigenvalue weighted by atomic mass is 32.1. The number of carbonyl (C=O) groups excluding carboxylic acids is 1. The lowest BCUT2D eigenvalue weighted by atomic mass is 10.1. The van der Waals surface area contributed by atoms with Crippen LogP contribution < -0.4 is 30.4 Å². The summed E-state index contributed by atoms with van der Waals surface area (Å²) in [5.41, 5.74) is 6.29. The first-order valence-electron chi connectivity index (χ1n) is 7.31. The second kappa shape index (κ2) is 8.74. The van der Waals surface area contributed by atoms with Crippen LogP contribution in [-0.4, -0.2) is 32.3 Å².